The third kappa shape index (κ3) is 5.34. The maximum absolute atomic E-state index is 12.3. The third-order valence-electron chi connectivity index (χ3n) is 3.82. The summed E-state index contributed by atoms with van der Waals surface area (Å²) in [5.74, 6) is 0. The van der Waals surface area contributed by atoms with Gasteiger partial charge in [-0.15, -0.1) is 0 Å². The van der Waals surface area contributed by atoms with Gasteiger partial charge in [0.2, 0.25) is 0 Å². The van der Waals surface area contributed by atoms with Crippen LogP contribution >= 0.6 is 0 Å². The largest absolute Gasteiger partial charge is 0.444 e. The van der Waals surface area contributed by atoms with Crippen molar-refractivity contribution in [3.8, 4) is 0 Å². The summed E-state index contributed by atoms with van der Waals surface area (Å²) in [7, 11) is 0. The van der Waals surface area contributed by atoms with Gasteiger partial charge < -0.3 is 15.0 Å². The molecule has 0 aromatic heterocycles. The number of benzene rings is 1. The van der Waals surface area contributed by atoms with Gasteiger partial charge in [0, 0.05) is 25.7 Å². The maximum atomic E-state index is 12.3. The second kappa shape index (κ2) is 7.63. The number of amides is 1. The number of carbonyl (C=O) groups is 1. The Morgan fingerprint density at radius 3 is 2.73 bits per heavy atom. The number of hydrogen-bond donors (Lipinski definition) is 1. The van der Waals surface area contributed by atoms with Crippen molar-refractivity contribution in [2.45, 2.75) is 51.7 Å². The lowest BCUT2D eigenvalue weighted by molar-refractivity contribution is 0.0110. The first-order valence-electron chi connectivity index (χ1n) is 8.20. The van der Waals surface area contributed by atoms with Crippen LogP contribution in [0.25, 0.3) is 0 Å². The molecule has 1 fully saturated rings. The van der Waals surface area contributed by atoms with Gasteiger partial charge in [-0.3, -0.25) is 0 Å². The van der Waals surface area contributed by atoms with Crippen LogP contribution in [0.2, 0.25) is 0 Å². The zero-order valence-electron chi connectivity index (χ0n) is 14.0. The van der Waals surface area contributed by atoms with Crippen LogP contribution < -0.4 is 5.32 Å². The molecular weight excluding hydrogens is 276 g/mol. The molecule has 1 unspecified atom stereocenters. The minimum absolute atomic E-state index is 0.182. The lowest BCUT2D eigenvalue weighted by atomic mass is 10.0. The van der Waals surface area contributed by atoms with Gasteiger partial charge in [0.15, 0.2) is 0 Å². The number of nitrogens with one attached hydrogen (secondary N) is 1. The van der Waals surface area contributed by atoms with Crippen LogP contribution in [0.15, 0.2) is 30.3 Å². The van der Waals surface area contributed by atoms with Gasteiger partial charge in [-0.2, -0.15) is 0 Å². The fourth-order valence-electron chi connectivity index (χ4n) is 2.77. The van der Waals surface area contributed by atoms with Gasteiger partial charge in [-0.05, 0) is 45.6 Å². The normalized spacial score (nSPS) is 19.0. The van der Waals surface area contributed by atoms with Crippen LogP contribution in [0.1, 0.15) is 39.2 Å². The molecule has 2 rings (SSSR count). The highest BCUT2D eigenvalue weighted by Crippen LogP contribution is 2.17. The second-order valence-corrected chi connectivity index (χ2v) is 6.91. The van der Waals surface area contributed by atoms with Crippen molar-refractivity contribution in [2.24, 2.45) is 0 Å². The van der Waals surface area contributed by atoms with E-state index < -0.39 is 5.60 Å². The van der Waals surface area contributed by atoms with Gasteiger partial charge in [0.05, 0.1) is 0 Å². The number of carbonyl (C=O) groups excluding carboxylic acids is 1. The van der Waals surface area contributed by atoms with Gasteiger partial charge in [-0.25, -0.2) is 4.79 Å². The molecule has 0 radical (unpaired) electrons. The number of piperazine rings is 1. The molecule has 1 heterocycles. The molecule has 0 bridgehead atoms. The predicted octanol–water partition coefficient (Wildman–Crippen LogP) is 3.22. The van der Waals surface area contributed by atoms with Crippen molar-refractivity contribution >= 4 is 6.09 Å². The highest BCUT2D eigenvalue weighted by molar-refractivity contribution is 5.68. The average molecular weight is 304 g/mol. The topological polar surface area (TPSA) is 41.6 Å². The minimum Gasteiger partial charge on any atom is -0.444 e. The molecule has 1 saturated heterocycles. The summed E-state index contributed by atoms with van der Waals surface area (Å²) in [5, 5.41) is 3.38. The zero-order chi connectivity index (χ0) is 16.0. The molecular formula is C18H28N2O2. The van der Waals surface area contributed by atoms with Crippen molar-refractivity contribution in [3.05, 3.63) is 35.9 Å². The van der Waals surface area contributed by atoms with Gasteiger partial charge in [0.25, 0.3) is 0 Å². The maximum Gasteiger partial charge on any atom is 0.410 e. The van der Waals surface area contributed by atoms with Gasteiger partial charge in [0.1, 0.15) is 5.60 Å². The number of rotatable bonds is 4. The van der Waals surface area contributed by atoms with E-state index in [1.165, 1.54) is 5.56 Å². The van der Waals surface area contributed by atoms with E-state index in [9.17, 15) is 4.79 Å². The molecule has 4 nitrogen and oxygen atoms in total. The summed E-state index contributed by atoms with van der Waals surface area (Å²) < 4.78 is 5.53. The van der Waals surface area contributed by atoms with Crippen molar-refractivity contribution in [1.29, 1.82) is 0 Å². The Hall–Kier alpha value is -1.55. The van der Waals surface area contributed by atoms with Crippen LogP contribution in [-0.2, 0) is 11.2 Å². The molecule has 0 aliphatic carbocycles. The highest BCUT2D eigenvalue weighted by Gasteiger charge is 2.29. The first kappa shape index (κ1) is 16.8. The van der Waals surface area contributed by atoms with Crippen LogP contribution in [0.5, 0.6) is 0 Å². The monoisotopic (exact) mass is 304 g/mol. The molecule has 1 N–H and O–H groups in total. The molecule has 1 amide bonds. The summed E-state index contributed by atoms with van der Waals surface area (Å²) in [6.07, 6.45) is 2.95. The summed E-state index contributed by atoms with van der Waals surface area (Å²) in [6, 6.07) is 10.7. The Bertz CT molecular complexity index is 468. The lowest BCUT2D eigenvalue weighted by Gasteiger charge is -2.37. The van der Waals surface area contributed by atoms with Crippen molar-refractivity contribution in [1.82, 2.24) is 10.2 Å². The van der Waals surface area contributed by atoms with E-state index in [-0.39, 0.29) is 12.1 Å². The van der Waals surface area contributed by atoms with E-state index in [1.807, 2.05) is 31.7 Å². The summed E-state index contributed by atoms with van der Waals surface area (Å²) in [5.41, 5.74) is 0.923. The predicted molar refractivity (Wildman–Crippen MR) is 89.0 cm³/mol. The molecule has 4 heteroatoms. The molecule has 1 atom stereocenters. The molecule has 0 saturated carbocycles. The van der Waals surface area contributed by atoms with E-state index in [0.29, 0.717) is 0 Å². The smallest absolute Gasteiger partial charge is 0.410 e. The van der Waals surface area contributed by atoms with Crippen molar-refractivity contribution < 1.29 is 9.53 Å². The molecule has 22 heavy (non-hydrogen) atoms. The van der Waals surface area contributed by atoms with Crippen LogP contribution in [0.3, 0.4) is 0 Å². The Labute approximate surface area is 133 Å². The van der Waals surface area contributed by atoms with Crippen LogP contribution in [-0.4, -0.2) is 42.3 Å². The first-order chi connectivity index (χ1) is 10.5. The quantitative estimate of drug-likeness (QED) is 0.928. The number of nitrogens with zero attached hydrogens (tertiary/aromatic N) is 1. The van der Waals surface area contributed by atoms with E-state index in [2.05, 4.69) is 29.6 Å². The summed E-state index contributed by atoms with van der Waals surface area (Å²) in [4.78, 5) is 14.2. The minimum atomic E-state index is -0.434. The van der Waals surface area contributed by atoms with Crippen molar-refractivity contribution in [2.75, 3.05) is 19.6 Å². The van der Waals surface area contributed by atoms with Crippen LogP contribution in [0, 0.1) is 0 Å². The molecule has 1 aliphatic rings. The third-order valence-corrected chi connectivity index (χ3v) is 3.82. The Morgan fingerprint density at radius 2 is 2.05 bits per heavy atom. The first-order valence-corrected chi connectivity index (χ1v) is 8.20. The Balaban J connectivity index is 1.85. The van der Waals surface area contributed by atoms with Gasteiger partial charge >= 0.3 is 6.09 Å². The van der Waals surface area contributed by atoms with E-state index >= 15 is 0 Å². The summed E-state index contributed by atoms with van der Waals surface area (Å²) >= 11 is 0. The summed E-state index contributed by atoms with van der Waals surface area (Å²) in [6.45, 7) is 8.17. The fourth-order valence-corrected chi connectivity index (χ4v) is 2.77. The zero-order valence-corrected chi connectivity index (χ0v) is 14.0. The number of aryl methyl sites for hydroxylation is 1. The average Bonchev–Trinajstić information content (AvgIpc) is 2.47. The fraction of sp³-hybridized carbons (Fsp3) is 0.611. The molecule has 122 valence electrons. The van der Waals surface area contributed by atoms with Crippen LogP contribution in [0.4, 0.5) is 4.79 Å². The van der Waals surface area contributed by atoms with E-state index in [0.717, 1.165) is 38.9 Å². The molecule has 0 spiro atoms. The number of ether oxygens (including phenoxy) is 1. The number of hydrogen-bond acceptors (Lipinski definition) is 3. The highest BCUT2D eigenvalue weighted by atomic mass is 16.6. The lowest BCUT2D eigenvalue weighted by Crippen LogP contribution is -2.54. The molecule has 1 aliphatic heterocycles. The van der Waals surface area contributed by atoms with E-state index in [1.54, 1.807) is 0 Å². The van der Waals surface area contributed by atoms with E-state index in [4.69, 9.17) is 4.74 Å². The molecule has 1 aromatic rings. The van der Waals surface area contributed by atoms with Gasteiger partial charge in [-0.1, -0.05) is 30.3 Å². The molecule has 1 aromatic carbocycles. The standard InChI is InChI=1S/C18H28N2O2/c1-18(2,3)22-17(21)20-13-12-19-14-16(20)11-7-10-15-8-5-4-6-9-15/h4-6,8-9,16,19H,7,10-14H2,1-3H3. The Morgan fingerprint density at radius 1 is 1.32 bits per heavy atom. The second-order valence-electron chi connectivity index (χ2n) is 6.91. The van der Waals surface area contributed by atoms with Crippen molar-refractivity contribution in [3.63, 3.8) is 0 Å². The Kier molecular flexibility index (Phi) is 5.83. The SMILES string of the molecule is CC(C)(C)OC(=O)N1CCNCC1CCCc1ccccc1.